The highest BCUT2D eigenvalue weighted by Gasteiger charge is 2.26. The van der Waals surface area contributed by atoms with Gasteiger partial charge in [-0.3, -0.25) is 9.59 Å². The van der Waals surface area contributed by atoms with Gasteiger partial charge >= 0.3 is 0 Å². The summed E-state index contributed by atoms with van der Waals surface area (Å²) in [5.41, 5.74) is 6.45. The zero-order chi connectivity index (χ0) is 19.4. The van der Waals surface area contributed by atoms with Crippen LogP contribution in [-0.4, -0.2) is 39.8 Å². The molecule has 27 heavy (non-hydrogen) atoms. The molecule has 2 amide bonds. The van der Waals surface area contributed by atoms with Crippen LogP contribution in [0.4, 0.5) is 0 Å². The zero-order valence-electron chi connectivity index (χ0n) is 15.2. The summed E-state index contributed by atoms with van der Waals surface area (Å²) in [6.45, 7) is 6.73. The van der Waals surface area contributed by atoms with Gasteiger partial charge in [0.05, 0.1) is 0 Å². The van der Waals surface area contributed by atoms with E-state index in [1.165, 1.54) is 6.08 Å². The molecule has 7 heteroatoms. The molecule has 1 fully saturated rings. The summed E-state index contributed by atoms with van der Waals surface area (Å²) in [7, 11) is 0. The van der Waals surface area contributed by atoms with Crippen molar-refractivity contribution in [3.8, 4) is 11.6 Å². The van der Waals surface area contributed by atoms with Crippen LogP contribution in [0.1, 0.15) is 40.6 Å². The number of carbonyl (C=O) groups excluding carboxylic acids is 2. The number of piperidine rings is 1. The van der Waals surface area contributed by atoms with Gasteiger partial charge in [0.15, 0.2) is 0 Å². The van der Waals surface area contributed by atoms with E-state index < -0.39 is 5.91 Å². The van der Waals surface area contributed by atoms with Crippen LogP contribution in [0.2, 0.25) is 0 Å². The van der Waals surface area contributed by atoms with E-state index in [2.05, 4.69) is 16.5 Å². The molecule has 1 aliphatic rings. The number of aromatic nitrogens is 2. The molecular weight excluding hydrogens is 344 g/mol. The minimum Gasteiger partial charge on any atom is -0.439 e. The number of rotatable bonds is 5. The van der Waals surface area contributed by atoms with Gasteiger partial charge in [0.2, 0.25) is 17.7 Å². The van der Waals surface area contributed by atoms with Gasteiger partial charge in [-0.05, 0) is 50.1 Å². The maximum absolute atomic E-state index is 11.9. The first-order chi connectivity index (χ1) is 13.0. The number of hydrogen-bond acceptors (Lipinski definition) is 5. The van der Waals surface area contributed by atoms with Crippen molar-refractivity contribution >= 4 is 11.8 Å². The van der Waals surface area contributed by atoms with E-state index in [-0.39, 0.29) is 11.8 Å². The molecule has 1 aliphatic heterocycles. The van der Waals surface area contributed by atoms with Crippen LogP contribution in [0.5, 0.6) is 11.6 Å². The summed E-state index contributed by atoms with van der Waals surface area (Å²) in [6, 6.07) is 8.30. The van der Waals surface area contributed by atoms with Crippen molar-refractivity contribution in [3.05, 3.63) is 60.1 Å². The van der Waals surface area contributed by atoms with Crippen molar-refractivity contribution in [2.24, 2.45) is 5.73 Å². The van der Waals surface area contributed by atoms with Crippen LogP contribution in [0.15, 0.2) is 43.0 Å². The number of likely N-dealkylation sites (tertiary alicyclic amines) is 1. The summed E-state index contributed by atoms with van der Waals surface area (Å²) in [4.78, 5) is 33.9. The van der Waals surface area contributed by atoms with Crippen molar-refractivity contribution in [1.82, 2.24) is 14.9 Å². The van der Waals surface area contributed by atoms with Crippen molar-refractivity contribution in [2.75, 3.05) is 13.1 Å². The lowest BCUT2D eigenvalue weighted by Crippen LogP contribution is -2.38. The number of carbonyl (C=O) groups is 2. The van der Waals surface area contributed by atoms with Crippen molar-refractivity contribution in [1.29, 1.82) is 0 Å². The van der Waals surface area contributed by atoms with Crippen LogP contribution in [0.3, 0.4) is 0 Å². The van der Waals surface area contributed by atoms with Crippen LogP contribution in [-0.2, 0) is 4.79 Å². The number of nitrogens with two attached hydrogens (primary N) is 1. The van der Waals surface area contributed by atoms with Crippen LogP contribution < -0.4 is 10.5 Å². The highest BCUT2D eigenvalue weighted by atomic mass is 16.5. The molecule has 0 bridgehead atoms. The SMILES string of the molecule is C=CC(=O)N1CCCC(c2nc(C)cc(Oc3ccc(C(N)=O)cc3)n2)C1. The van der Waals surface area contributed by atoms with E-state index in [4.69, 9.17) is 10.5 Å². The van der Waals surface area contributed by atoms with Crippen LogP contribution >= 0.6 is 0 Å². The third kappa shape index (κ3) is 4.49. The molecule has 0 spiro atoms. The molecule has 2 heterocycles. The number of benzene rings is 1. The van der Waals surface area contributed by atoms with E-state index in [1.54, 1.807) is 35.2 Å². The monoisotopic (exact) mass is 366 g/mol. The quantitative estimate of drug-likeness (QED) is 0.820. The minimum atomic E-state index is -0.488. The van der Waals surface area contributed by atoms with E-state index >= 15 is 0 Å². The van der Waals surface area contributed by atoms with E-state index in [9.17, 15) is 9.59 Å². The van der Waals surface area contributed by atoms with Crippen molar-refractivity contribution in [2.45, 2.75) is 25.7 Å². The fourth-order valence-electron chi connectivity index (χ4n) is 3.12. The highest BCUT2D eigenvalue weighted by Crippen LogP contribution is 2.28. The highest BCUT2D eigenvalue weighted by molar-refractivity contribution is 5.92. The summed E-state index contributed by atoms with van der Waals surface area (Å²) in [5.74, 6) is 1.14. The maximum atomic E-state index is 11.9. The van der Waals surface area contributed by atoms with Gasteiger partial charge in [-0.15, -0.1) is 0 Å². The van der Waals surface area contributed by atoms with E-state index in [0.717, 1.165) is 25.1 Å². The van der Waals surface area contributed by atoms with Gasteiger partial charge in [-0.25, -0.2) is 4.98 Å². The largest absolute Gasteiger partial charge is 0.439 e. The van der Waals surface area contributed by atoms with E-state index in [0.29, 0.717) is 29.6 Å². The molecule has 1 aromatic carbocycles. The fraction of sp³-hybridized carbons (Fsp3) is 0.300. The summed E-state index contributed by atoms with van der Waals surface area (Å²) in [6.07, 6.45) is 3.15. The normalized spacial score (nSPS) is 16.6. The fourth-order valence-corrected chi connectivity index (χ4v) is 3.12. The molecule has 1 aromatic heterocycles. The molecule has 7 nitrogen and oxygen atoms in total. The lowest BCUT2D eigenvalue weighted by Gasteiger charge is -2.31. The van der Waals surface area contributed by atoms with Crippen molar-refractivity contribution < 1.29 is 14.3 Å². The van der Waals surface area contributed by atoms with Gasteiger partial charge in [0.1, 0.15) is 11.6 Å². The van der Waals surface area contributed by atoms with E-state index in [1.807, 2.05) is 6.92 Å². The summed E-state index contributed by atoms with van der Waals surface area (Å²) >= 11 is 0. The Balaban J connectivity index is 1.78. The first-order valence-electron chi connectivity index (χ1n) is 8.81. The predicted octanol–water partition coefficient (Wildman–Crippen LogP) is 2.57. The molecule has 0 aliphatic carbocycles. The van der Waals surface area contributed by atoms with Gasteiger partial charge in [-0.1, -0.05) is 6.58 Å². The molecule has 2 aromatic rings. The Morgan fingerprint density at radius 3 is 2.70 bits per heavy atom. The second kappa shape index (κ2) is 7.99. The van der Waals surface area contributed by atoms with Gasteiger partial charge < -0.3 is 15.4 Å². The Morgan fingerprint density at radius 2 is 2.04 bits per heavy atom. The molecule has 1 unspecified atom stereocenters. The molecule has 0 saturated carbocycles. The molecule has 0 radical (unpaired) electrons. The number of ether oxygens (including phenoxy) is 1. The zero-order valence-corrected chi connectivity index (χ0v) is 15.2. The summed E-state index contributed by atoms with van der Waals surface area (Å²) in [5, 5.41) is 0. The first-order valence-corrected chi connectivity index (χ1v) is 8.81. The Morgan fingerprint density at radius 1 is 1.30 bits per heavy atom. The standard InChI is InChI=1S/C20H22N4O3/c1-3-18(25)24-10-4-5-15(12-24)20-22-13(2)11-17(23-20)27-16-8-6-14(7-9-16)19(21)26/h3,6-9,11,15H,1,4-5,10,12H2,2H3,(H2,21,26). The molecule has 1 saturated heterocycles. The number of aryl methyl sites for hydroxylation is 1. The van der Waals surface area contributed by atoms with Gasteiger partial charge in [0.25, 0.3) is 0 Å². The lowest BCUT2D eigenvalue weighted by molar-refractivity contribution is -0.127. The maximum Gasteiger partial charge on any atom is 0.248 e. The smallest absolute Gasteiger partial charge is 0.248 e. The molecular formula is C20H22N4O3. The average molecular weight is 366 g/mol. The number of amides is 2. The van der Waals surface area contributed by atoms with Crippen LogP contribution in [0, 0.1) is 6.92 Å². The Kier molecular flexibility index (Phi) is 5.49. The number of nitrogens with zero attached hydrogens (tertiary/aromatic N) is 3. The topological polar surface area (TPSA) is 98.4 Å². The summed E-state index contributed by atoms with van der Waals surface area (Å²) < 4.78 is 5.82. The Hall–Kier alpha value is -3.22. The third-order valence-corrected chi connectivity index (χ3v) is 4.48. The van der Waals surface area contributed by atoms with Gasteiger partial charge in [0, 0.05) is 36.3 Å². The second-order valence-corrected chi connectivity index (χ2v) is 6.52. The Bertz CT molecular complexity index is 864. The van der Waals surface area contributed by atoms with Gasteiger partial charge in [-0.2, -0.15) is 4.98 Å². The molecule has 140 valence electrons. The third-order valence-electron chi connectivity index (χ3n) is 4.48. The Labute approximate surface area is 157 Å². The number of primary amides is 1. The van der Waals surface area contributed by atoms with Crippen LogP contribution in [0.25, 0.3) is 0 Å². The first kappa shape index (κ1) is 18.6. The molecule has 2 N–H and O–H groups in total. The molecule has 3 rings (SSSR count). The van der Waals surface area contributed by atoms with Crippen molar-refractivity contribution in [3.63, 3.8) is 0 Å². The predicted molar refractivity (Wildman–Crippen MR) is 101 cm³/mol. The minimum absolute atomic E-state index is 0.0575. The lowest BCUT2D eigenvalue weighted by atomic mass is 9.97. The second-order valence-electron chi connectivity index (χ2n) is 6.52. The molecule has 1 atom stereocenters. The average Bonchev–Trinajstić information content (AvgIpc) is 2.67. The number of hydrogen-bond donors (Lipinski definition) is 1.